The summed E-state index contributed by atoms with van der Waals surface area (Å²) in [5.74, 6) is -0.329. The molecule has 0 aromatic carbocycles. The number of aromatic nitrogens is 1. The van der Waals surface area contributed by atoms with Gasteiger partial charge < -0.3 is 14.9 Å². The van der Waals surface area contributed by atoms with E-state index in [-0.39, 0.29) is 5.56 Å². The standard InChI is InChI=1S/C14H21N3O2/c1-10-4-5-12(14(18)19)13(15-10)17(3)11-6-8-16(2)9-7-11/h4-5,11H,6-9H2,1-3H3,(H,18,19). The van der Waals surface area contributed by atoms with E-state index in [9.17, 15) is 9.90 Å². The van der Waals surface area contributed by atoms with Crippen molar-refractivity contribution >= 4 is 11.8 Å². The Labute approximate surface area is 113 Å². The first-order valence-corrected chi connectivity index (χ1v) is 6.61. The smallest absolute Gasteiger partial charge is 0.339 e. The van der Waals surface area contributed by atoms with E-state index in [0.29, 0.717) is 11.9 Å². The van der Waals surface area contributed by atoms with Crippen molar-refractivity contribution in [3.8, 4) is 0 Å². The molecule has 5 nitrogen and oxygen atoms in total. The van der Waals surface area contributed by atoms with Gasteiger partial charge in [0.15, 0.2) is 0 Å². The zero-order valence-electron chi connectivity index (χ0n) is 11.8. The molecule has 1 saturated heterocycles. The van der Waals surface area contributed by atoms with Gasteiger partial charge in [0.1, 0.15) is 11.4 Å². The highest BCUT2D eigenvalue weighted by Crippen LogP contribution is 2.24. The molecule has 1 aliphatic rings. The zero-order valence-corrected chi connectivity index (χ0v) is 11.8. The van der Waals surface area contributed by atoms with Crippen molar-refractivity contribution in [3.05, 3.63) is 23.4 Å². The zero-order chi connectivity index (χ0) is 14.0. The minimum atomic E-state index is -0.915. The molecule has 1 N–H and O–H groups in total. The molecule has 104 valence electrons. The lowest BCUT2D eigenvalue weighted by Gasteiger charge is -2.36. The van der Waals surface area contributed by atoms with Crippen molar-refractivity contribution in [2.24, 2.45) is 0 Å². The van der Waals surface area contributed by atoms with Crippen molar-refractivity contribution in [2.45, 2.75) is 25.8 Å². The normalized spacial score (nSPS) is 17.4. The molecule has 0 unspecified atom stereocenters. The van der Waals surface area contributed by atoms with Gasteiger partial charge in [-0.2, -0.15) is 0 Å². The number of rotatable bonds is 3. The Morgan fingerprint density at radius 1 is 1.42 bits per heavy atom. The molecule has 0 radical (unpaired) electrons. The third-order valence-corrected chi connectivity index (χ3v) is 3.81. The van der Waals surface area contributed by atoms with E-state index in [4.69, 9.17) is 0 Å². The van der Waals surface area contributed by atoms with Crippen LogP contribution in [0, 0.1) is 6.92 Å². The molecular weight excluding hydrogens is 242 g/mol. The summed E-state index contributed by atoms with van der Waals surface area (Å²) in [5, 5.41) is 9.27. The van der Waals surface area contributed by atoms with Crippen LogP contribution in [0.3, 0.4) is 0 Å². The third-order valence-electron chi connectivity index (χ3n) is 3.81. The van der Waals surface area contributed by atoms with Crippen LogP contribution in [-0.4, -0.2) is 54.2 Å². The summed E-state index contributed by atoms with van der Waals surface area (Å²) in [6.07, 6.45) is 2.09. The second kappa shape index (κ2) is 5.57. The lowest BCUT2D eigenvalue weighted by Crippen LogP contribution is -2.42. The fourth-order valence-electron chi connectivity index (χ4n) is 2.53. The van der Waals surface area contributed by atoms with E-state index in [1.165, 1.54) is 0 Å². The van der Waals surface area contributed by atoms with Gasteiger partial charge in [-0.05, 0) is 52.0 Å². The van der Waals surface area contributed by atoms with E-state index < -0.39 is 5.97 Å². The molecule has 1 fully saturated rings. The van der Waals surface area contributed by atoms with Crippen LogP contribution in [0.25, 0.3) is 0 Å². The highest BCUT2D eigenvalue weighted by Gasteiger charge is 2.24. The summed E-state index contributed by atoms with van der Waals surface area (Å²) in [5.41, 5.74) is 1.13. The number of aryl methyl sites for hydroxylation is 1. The summed E-state index contributed by atoms with van der Waals surface area (Å²) in [6, 6.07) is 3.75. The van der Waals surface area contributed by atoms with Crippen LogP contribution < -0.4 is 4.90 Å². The van der Waals surface area contributed by atoms with Crippen molar-refractivity contribution in [1.82, 2.24) is 9.88 Å². The molecular formula is C14H21N3O2. The lowest BCUT2D eigenvalue weighted by atomic mass is 10.0. The van der Waals surface area contributed by atoms with E-state index >= 15 is 0 Å². The Morgan fingerprint density at radius 2 is 2.05 bits per heavy atom. The predicted molar refractivity (Wildman–Crippen MR) is 74.9 cm³/mol. The van der Waals surface area contributed by atoms with Gasteiger partial charge in [0.2, 0.25) is 0 Å². The SMILES string of the molecule is Cc1ccc(C(=O)O)c(N(C)C2CCN(C)CC2)n1. The molecule has 19 heavy (non-hydrogen) atoms. The Morgan fingerprint density at radius 3 is 2.63 bits per heavy atom. The van der Waals surface area contributed by atoms with Crippen LogP contribution in [0.5, 0.6) is 0 Å². The number of hydrogen-bond acceptors (Lipinski definition) is 4. The minimum absolute atomic E-state index is 0.284. The predicted octanol–water partition coefficient (Wildman–Crippen LogP) is 1.62. The van der Waals surface area contributed by atoms with Gasteiger partial charge in [-0.1, -0.05) is 0 Å². The van der Waals surface area contributed by atoms with Crippen LogP contribution in [0.2, 0.25) is 0 Å². The van der Waals surface area contributed by atoms with Crippen molar-refractivity contribution in [1.29, 1.82) is 0 Å². The Kier molecular flexibility index (Phi) is 4.04. The Balaban J connectivity index is 2.25. The first kappa shape index (κ1) is 13.8. The molecule has 1 aliphatic heterocycles. The van der Waals surface area contributed by atoms with E-state index in [2.05, 4.69) is 16.9 Å². The van der Waals surface area contributed by atoms with Crippen molar-refractivity contribution in [3.63, 3.8) is 0 Å². The number of carboxylic acid groups (broad SMARTS) is 1. The van der Waals surface area contributed by atoms with Crippen LogP contribution in [0.15, 0.2) is 12.1 Å². The highest BCUT2D eigenvalue weighted by atomic mass is 16.4. The molecule has 5 heteroatoms. The van der Waals surface area contributed by atoms with Crippen LogP contribution in [0.4, 0.5) is 5.82 Å². The number of piperidine rings is 1. The maximum absolute atomic E-state index is 11.3. The Bertz CT molecular complexity index is 468. The molecule has 0 saturated carbocycles. The fourth-order valence-corrected chi connectivity index (χ4v) is 2.53. The summed E-state index contributed by atoms with van der Waals surface area (Å²) in [6.45, 7) is 3.98. The van der Waals surface area contributed by atoms with Gasteiger partial charge in [0.05, 0.1) is 0 Å². The highest BCUT2D eigenvalue weighted by molar-refractivity contribution is 5.93. The summed E-state index contributed by atoms with van der Waals surface area (Å²) < 4.78 is 0. The van der Waals surface area contributed by atoms with Crippen LogP contribution >= 0.6 is 0 Å². The number of carbonyl (C=O) groups is 1. The molecule has 0 spiro atoms. The monoisotopic (exact) mass is 263 g/mol. The molecule has 0 aliphatic carbocycles. The van der Waals surface area contributed by atoms with Gasteiger partial charge in [-0.3, -0.25) is 0 Å². The Hall–Kier alpha value is -1.62. The summed E-state index contributed by atoms with van der Waals surface area (Å²) in [7, 11) is 4.06. The summed E-state index contributed by atoms with van der Waals surface area (Å²) in [4.78, 5) is 20.0. The van der Waals surface area contributed by atoms with Gasteiger partial charge in [-0.15, -0.1) is 0 Å². The van der Waals surface area contributed by atoms with E-state index in [1.54, 1.807) is 12.1 Å². The first-order valence-electron chi connectivity index (χ1n) is 6.61. The number of nitrogens with zero attached hydrogens (tertiary/aromatic N) is 3. The number of pyridine rings is 1. The maximum atomic E-state index is 11.3. The number of aromatic carboxylic acids is 1. The second-order valence-electron chi connectivity index (χ2n) is 5.27. The topological polar surface area (TPSA) is 56.7 Å². The second-order valence-corrected chi connectivity index (χ2v) is 5.27. The number of likely N-dealkylation sites (tertiary alicyclic amines) is 1. The van der Waals surface area contributed by atoms with Gasteiger partial charge >= 0.3 is 5.97 Å². The minimum Gasteiger partial charge on any atom is -0.478 e. The molecule has 2 heterocycles. The lowest BCUT2D eigenvalue weighted by molar-refractivity contribution is 0.0697. The van der Waals surface area contributed by atoms with Gasteiger partial charge in [0.25, 0.3) is 0 Å². The summed E-state index contributed by atoms with van der Waals surface area (Å²) >= 11 is 0. The first-order chi connectivity index (χ1) is 8.99. The van der Waals surface area contributed by atoms with E-state index in [1.807, 2.05) is 18.9 Å². The average Bonchev–Trinajstić information content (AvgIpc) is 2.38. The maximum Gasteiger partial charge on any atom is 0.339 e. The number of carboxylic acids is 1. The molecule has 0 atom stereocenters. The van der Waals surface area contributed by atoms with Gasteiger partial charge in [-0.25, -0.2) is 9.78 Å². The number of anilines is 1. The van der Waals surface area contributed by atoms with Crippen LogP contribution in [-0.2, 0) is 0 Å². The number of hydrogen-bond donors (Lipinski definition) is 1. The molecule has 0 bridgehead atoms. The quantitative estimate of drug-likeness (QED) is 0.898. The fraction of sp³-hybridized carbons (Fsp3) is 0.571. The van der Waals surface area contributed by atoms with Crippen molar-refractivity contribution < 1.29 is 9.90 Å². The average molecular weight is 263 g/mol. The molecule has 1 aromatic heterocycles. The third kappa shape index (κ3) is 3.04. The molecule has 1 aromatic rings. The largest absolute Gasteiger partial charge is 0.478 e. The van der Waals surface area contributed by atoms with Gasteiger partial charge in [0, 0.05) is 18.8 Å². The van der Waals surface area contributed by atoms with Crippen LogP contribution in [0.1, 0.15) is 28.9 Å². The van der Waals surface area contributed by atoms with E-state index in [0.717, 1.165) is 31.6 Å². The molecule has 2 rings (SSSR count). The van der Waals surface area contributed by atoms with Crippen molar-refractivity contribution in [2.75, 3.05) is 32.1 Å². The molecule has 0 amide bonds.